The van der Waals surface area contributed by atoms with Gasteiger partial charge in [-0.25, -0.2) is 0 Å². The fourth-order valence-corrected chi connectivity index (χ4v) is 1.38. The highest BCUT2D eigenvalue weighted by atomic mass is 32.1. The summed E-state index contributed by atoms with van der Waals surface area (Å²) in [5.41, 5.74) is 1.24. The molecule has 2 heteroatoms. The molecule has 0 aliphatic rings. The summed E-state index contributed by atoms with van der Waals surface area (Å²) < 4.78 is 0. The summed E-state index contributed by atoms with van der Waals surface area (Å²) in [5, 5.41) is 0.157. The zero-order valence-corrected chi connectivity index (χ0v) is 7.71. The third kappa shape index (κ3) is 3.09. The fourth-order valence-electron chi connectivity index (χ4n) is 1.08. The standard InChI is InChI=1S/C10H12OS/c11-7-6-10(12)8-9-4-2-1-3-5-9/h1-5,7,10,12H,6,8H2. The van der Waals surface area contributed by atoms with E-state index in [4.69, 9.17) is 0 Å². The first-order valence-corrected chi connectivity index (χ1v) is 4.50. The second kappa shape index (κ2) is 4.99. The molecule has 0 amide bonds. The average molecular weight is 180 g/mol. The van der Waals surface area contributed by atoms with Crippen molar-refractivity contribution in [3.63, 3.8) is 0 Å². The first-order valence-electron chi connectivity index (χ1n) is 3.98. The van der Waals surface area contributed by atoms with Crippen LogP contribution >= 0.6 is 12.6 Å². The first kappa shape index (κ1) is 9.33. The summed E-state index contributed by atoms with van der Waals surface area (Å²) in [4.78, 5) is 10.2. The second-order valence-corrected chi connectivity index (χ2v) is 3.48. The molecule has 0 saturated carbocycles. The Morgan fingerprint density at radius 2 is 2.00 bits per heavy atom. The van der Waals surface area contributed by atoms with Crippen LogP contribution in [0.5, 0.6) is 0 Å². The molecule has 0 bridgehead atoms. The third-order valence-corrected chi connectivity index (χ3v) is 2.08. The molecule has 0 radical (unpaired) electrons. The van der Waals surface area contributed by atoms with Crippen LogP contribution in [-0.2, 0) is 11.2 Å². The van der Waals surface area contributed by atoms with Crippen LogP contribution in [0.15, 0.2) is 30.3 Å². The Hall–Kier alpha value is -0.760. The Bertz CT molecular complexity index is 233. The summed E-state index contributed by atoms with van der Waals surface area (Å²) in [6.45, 7) is 0. The van der Waals surface area contributed by atoms with Crippen molar-refractivity contribution in [3.05, 3.63) is 35.9 Å². The minimum absolute atomic E-state index is 0.157. The Morgan fingerprint density at radius 1 is 1.33 bits per heavy atom. The van der Waals surface area contributed by atoms with Gasteiger partial charge in [0.05, 0.1) is 0 Å². The van der Waals surface area contributed by atoms with E-state index in [0.717, 1.165) is 12.7 Å². The van der Waals surface area contributed by atoms with Gasteiger partial charge < -0.3 is 4.79 Å². The smallest absolute Gasteiger partial charge is 0.121 e. The zero-order chi connectivity index (χ0) is 8.81. The average Bonchev–Trinajstić information content (AvgIpc) is 2.06. The van der Waals surface area contributed by atoms with E-state index in [2.05, 4.69) is 12.6 Å². The Labute approximate surface area is 78.2 Å². The van der Waals surface area contributed by atoms with Crippen LogP contribution in [0.3, 0.4) is 0 Å². The van der Waals surface area contributed by atoms with E-state index in [0.29, 0.717) is 6.42 Å². The van der Waals surface area contributed by atoms with Gasteiger partial charge in [0.15, 0.2) is 0 Å². The Kier molecular flexibility index (Phi) is 3.88. The van der Waals surface area contributed by atoms with E-state index >= 15 is 0 Å². The number of aldehydes is 1. The molecule has 1 rings (SSSR count). The highest BCUT2D eigenvalue weighted by molar-refractivity contribution is 7.81. The monoisotopic (exact) mass is 180 g/mol. The lowest BCUT2D eigenvalue weighted by molar-refractivity contribution is -0.107. The van der Waals surface area contributed by atoms with Crippen LogP contribution in [-0.4, -0.2) is 11.5 Å². The number of hydrogen-bond donors (Lipinski definition) is 1. The van der Waals surface area contributed by atoms with Crippen LogP contribution < -0.4 is 0 Å². The SMILES string of the molecule is O=CCC(S)Cc1ccccc1. The van der Waals surface area contributed by atoms with Crippen molar-refractivity contribution in [1.29, 1.82) is 0 Å². The number of carbonyl (C=O) groups is 1. The highest BCUT2D eigenvalue weighted by Gasteiger charge is 2.02. The summed E-state index contributed by atoms with van der Waals surface area (Å²) in [6, 6.07) is 10.1. The van der Waals surface area contributed by atoms with Gasteiger partial charge in [-0.2, -0.15) is 12.6 Å². The molecule has 1 atom stereocenters. The molecular formula is C10H12OS. The fraction of sp³-hybridized carbons (Fsp3) is 0.300. The van der Waals surface area contributed by atoms with E-state index in [-0.39, 0.29) is 5.25 Å². The van der Waals surface area contributed by atoms with Gasteiger partial charge in [0.1, 0.15) is 6.29 Å². The van der Waals surface area contributed by atoms with E-state index in [1.165, 1.54) is 5.56 Å². The van der Waals surface area contributed by atoms with Crippen LogP contribution in [0.25, 0.3) is 0 Å². The molecule has 0 heterocycles. The Balaban J connectivity index is 2.46. The number of thiol groups is 1. The van der Waals surface area contributed by atoms with E-state index in [1.54, 1.807) is 0 Å². The predicted octanol–water partition coefficient (Wildman–Crippen LogP) is 2.12. The molecule has 64 valence electrons. The maximum atomic E-state index is 10.2. The molecule has 0 aliphatic carbocycles. The van der Waals surface area contributed by atoms with Crippen LogP contribution in [0.1, 0.15) is 12.0 Å². The van der Waals surface area contributed by atoms with Crippen molar-refractivity contribution in [3.8, 4) is 0 Å². The van der Waals surface area contributed by atoms with E-state index in [9.17, 15) is 4.79 Å². The lowest BCUT2D eigenvalue weighted by Crippen LogP contribution is -2.03. The van der Waals surface area contributed by atoms with Crippen LogP contribution in [0.4, 0.5) is 0 Å². The molecule has 1 aromatic rings. The Morgan fingerprint density at radius 3 is 2.58 bits per heavy atom. The summed E-state index contributed by atoms with van der Waals surface area (Å²) >= 11 is 4.29. The van der Waals surface area contributed by atoms with Gasteiger partial charge in [-0.3, -0.25) is 0 Å². The normalized spacial score (nSPS) is 12.4. The van der Waals surface area contributed by atoms with Crippen molar-refractivity contribution in [2.24, 2.45) is 0 Å². The number of rotatable bonds is 4. The van der Waals surface area contributed by atoms with Gasteiger partial charge >= 0.3 is 0 Å². The van der Waals surface area contributed by atoms with Crippen molar-refractivity contribution in [1.82, 2.24) is 0 Å². The highest BCUT2D eigenvalue weighted by Crippen LogP contribution is 2.09. The van der Waals surface area contributed by atoms with E-state index in [1.807, 2.05) is 30.3 Å². The zero-order valence-electron chi connectivity index (χ0n) is 6.81. The molecular weight excluding hydrogens is 168 g/mol. The van der Waals surface area contributed by atoms with Gasteiger partial charge in [0.25, 0.3) is 0 Å². The van der Waals surface area contributed by atoms with E-state index < -0.39 is 0 Å². The molecule has 0 spiro atoms. The molecule has 0 aliphatic heterocycles. The van der Waals surface area contributed by atoms with Gasteiger partial charge in [-0.05, 0) is 12.0 Å². The molecule has 0 N–H and O–H groups in total. The number of benzene rings is 1. The van der Waals surface area contributed by atoms with Crippen molar-refractivity contribution >= 4 is 18.9 Å². The summed E-state index contributed by atoms with van der Waals surface area (Å²) in [6.07, 6.45) is 2.31. The second-order valence-electron chi connectivity index (χ2n) is 2.75. The maximum absolute atomic E-state index is 10.2. The minimum atomic E-state index is 0.157. The third-order valence-electron chi connectivity index (χ3n) is 1.68. The minimum Gasteiger partial charge on any atom is -0.303 e. The summed E-state index contributed by atoms with van der Waals surface area (Å²) in [7, 11) is 0. The molecule has 12 heavy (non-hydrogen) atoms. The van der Waals surface area contributed by atoms with Crippen LogP contribution in [0, 0.1) is 0 Å². The molecule has 1 unspecified atom stereocenters. The molecule has 1 nitrogen and oxygen atoms in total. The van der Waals surface area contributed by atoms with Gasteiger partial charge in [-0.15, -0.1) is 0 Å². The predicted molar refractivity (Wildman–Crippen MR) is 53.6 cm³/mol. The first-order chi connectivity index (χ1) is 5.83. The van der Waals surface area contributed by atoms with Crippen molar-refractivity contribution < 1.29 is 4.79 Å². The maximum Gasteiger partial charge on any atom is 0.121 e. The van der Waals surface area contributed by atoms with Gasteiger partial charge in [0.2, 0.25) is 0 Å². The lowest BCUT2D eigenvalue weighted by atomic mass is 10.1. The lowest BCUT2D eigenvalue weighted by Gasteiger charge is -2.05. The largest absolute Gasteiger partial charge is 0.303 e. The number of carbonyl (C=O) groups excluding carboxylic acids is 1. The summed E-state index contributed by atoms with van der Waals surface area (Å²) in [5.74, 6) is 0. The van der Waals surface area contributed by atoms with Crippen molar-refractivity contribution in [2.75, 3.05) is 0 Å². The quantitative estimate of drug-likeness (QED) is 0.555. The van der Waals surface area contributed by atoms with Gasteiger partial charge in [-0.1, -0.05) is 30.3 Å². The molecule has 0 aromatic heterocycles. The van der Waals surface area contributed by atoms with Crippen molar-refractivity contribution in [2.45, 2.75) is 18.1 Å². The molecule has 0 fully saturated rings. The van der Waals surface area contributed by atoms with Crippen LogP contribution in [0.2, 0.25) is 0 Å². The molecule has 1 aromatic carbocycles. The topological polar surface area (TPSA) is 17.1 Å². The number of hydrogen-bond acceptors (Lipinski definition) is 2. The van der Waals surface area contributed by atoms with Gasteiger partial charge in [0, 0.05) is 11.7 Å². The molecule has 0 saturated heterocycles.